The summed E-state index contributed by atoms with van der Waals surface area (Å²) in [6.07, 6.45) is 8.44. The fourth-order valence-electron chi connectivity index (χ4n) is 6.24. The number of ether oxygens (including phenoxy) is 4. The second-order valence-corrected chi connectivity index (χ2v) is 12.8. The van der Waals surface area contributed by atoms with Crippen LogP contribution in [0.25, 0.3) is 0 Å². The van der Waals surface area contributed by atoms with Gasteiger partial charge in [-0.25, -0.2) is 0 Å². The van der Waals surface area contributed by atoms with Crippen molar-refractivity contribution in [1.29, 1.82) is 0 Å². The summed E-state index contributed by atoms with van der Waals surface area (Å²) in [4.78, 5) is 15.4. The maximum atomic E-state index is 12.9. The van der Waals surface area contributed by atoms with Crippen LogP contribution >= 0.6 is 0 Å². The Morgan fingerprint density at radius 1 is 1.21 bits per heavy atom. The predicted molar refractivity (Wildman–Crippen MR) is 152 cm³/mol. The Morgan fingerprint density at radius 3 is 2.74 bits per heavy atom. The van der Waals surface area contributed by atoms with E-state index in [2.05, 4.69) is 47.6 Å². The van der Waals surface area contributed by atoms with Gasteiger partial charge in [0, 0.05) is 58.0 Å². The van der Waals surface area contributed by atoms with Crippen molar-refractivity contribution < 1.29 is 23.7 Å². The van der Waals surface area contributed by atoms with Crippen LogP contribution in [-0.4, -0.2) is 76.8 Å². The second kappa shape index (κ2) is 12.8. The van der Waals surface area contributed by atoms with Gasteiger partial charge in [-0.05, 0) is 75.0 Å². The largest absolute Gasteiger partial charge is 0.483 e. The number of fused-ring (bicyclic) bond motifs is 1. The number of carbonyl (C=O) groups is 1. The zero-order chi connectivity index (χ0) is 27.3. The summed E-state index contributed by atoms with van der Waals surface area (Å²) in [7, 11) is 1.76. The molecule has 4 aliphatic rings. The SMILES string of the molecule is COCCCN1CC2(CC2)Oc2ccc(CO[C@@H]3CC[C@@H](CC(C)(C)C(=O)NCC4CCOCC4)NC3)cc21. The van der Waals surface area contributed by atoms with E-state index < -0.39 is 5.41 Å². The Kier molecular flexibility index (Phi) is 9.37. The van der Waals surface area contributed by atoms with E-state index in [-0.39, 0.29) is 17.6 Å². The van der Waals surface area contributed by atoms with E-state index in [0.29, 0.717) is 18.6 Å². The molecule has 5 rings (SSSR count). The number of hydrogen-bond donors (Lipinski definition) is 2. The Labute approximate surface area is 234 Å². The van der Waals surface area contributed by atoms with Gasteiger partial charge in [-0.15, -0.1) is 0 Å². The lowest BCUT2D eigenvalue weighted by Crippen LogP contribution is -2.48. The maximum absolute atomic E-state index is 12.9. The zero-order valence-corrected chi connectivity index (χ0v) is 24.3. The van der Waals surface area contributed by atoms with Gasteiger partial charge in [0.1, 0.15) is 11.4 Å². The first kappa shape index (κ1) is 28.7. The summed E-state index contributed by atoms with van der Waals surface area (Å²) in [5, 5.41) is 6.87. The fraction of sp³-hybridized carbons (Fsp3) is 0.774. The van der Waals surface area contributed by atoms with Crippen molar-refractivity contribution in [3.8, 4) is 5.75 Å². The molecule has 1 aliphatic carbocycles. The molecule has 0 radical (unpaired) electrons. The van der Waals surface area contributed by atoms with Gasteiger partial charge in [0.25, 0.3) is 0 Å². The normalized spacial score (nSPS) is 24.7. The first-order chi connectivity index (χ1) is 18.9. The van der Waals surface area contributed by atoms with E-state index in [4.69, 9.17) is 18.9 Å². The molecular weight excluding hydrogens is 494 g/mol. The second-order valence-electron chi connectivity index (χ2n) is 12.8. The highest BCUT2D eigenvalue weighted by Gasteiger charge is 2.50. The number of nitrogens with one attached hydrogen (secondary N) is 2. The molecule has 2 saturated heterocycles. The molecule has 1 saturated carbocycles. The molecule has 39 heavy (non-hydrogen) atoms. The van der Waals surface area contributed by atoms with Gasteiger partial charge in [0.2, 0.25) is 5.91 Å². The van der Waals surface area contributed by atoms with E-state index >= 15 is 0 Å². The van der Waals surface area contributed by atoms with Crippen LogP contribution in [0, 0.1) is 11.3 Å². The summed E-state index contributed by atoms with van der Waals surface area (Å²) in [6, 6.07) is 6.86. The Balaban J connectivity index is 1.06. The third kappa shape index (κ3) is 7.66. The number of anilines is 1. The standard InChI is InChI=1S/C31H49N3O5/c1-30(2,29(35)33-19-23-9-15-37-16-10-23)18-25-6-7-26(20-32-25)38-21-24-5-8-28-27(17-24)34(13-4-14-36-3)22-31(39-28)11-12-31/h5,8,17,23,25-26,32H,4,6-7,9-16,18-22H2,1-3H3,(H,33,35)/t25-,26+/m0/s1. The molecule has 0 aromatic heterocycles. The average molecular weight is 544 g/mol. The van der Waals surface area contributed by atoms with Gasteiger partial charge in [-0.1, -0.05) is 19.9 Å². The van der Waals surface area contributed by atoms with Gasteiger partial charge in [0.15, 0.2) is 0 Å². The summed E-state index contributed by atoms with van der Waals surface area (Å²) >= 11 is 0. The quantitative estimate of drug-likeness (QED) is 0.385. The Bertz CT molecular complexity index is 952. The summed E-state index contributed by atoms with van der Waals surface area (Å²) in [5.41, 5.74) is 2.01. The highest BCUT2D eigenvalue weighted by molar-refractivity contribution is 5.81. The van der Waals surface area contributed by atoms with Gasteiger partial charge < -0.3 is 34.5 Å². The van der Waals surface area contributed by atoms with Crippen molar-refractivity contribution >= 4 is 11.6 Å². The van der Waals surface area contributed by atoms with Gasteiger partial charge in [-0.2, -0.15) is 0 Å². The molecule has 8 heteroatoms. The molecule has 0 unspecified atom stereocenters. The van der Waals surface area contributed by atoms with Gasteiger partial charge >= 0.3 is 0 Å². The van der Waals surface area contributed by atoms with Crippen LogP contribution in [0.15, 0.2) is 18.2 Å². The summed E-state index contributed by atoms with van der Waals surface area (Å²) in [6.45, 7) is 10.7. The Morgan fingerprint density at radius 2 is 2.03 bits per heavy atom. The molecule has 0 bridgehead atoms. The van der Waals surface area contributed by atoms with Gasteiger partial charge in [-0.3, -0.25) is 4.79 Å². The van der Waals surface area contributed by atoms with E-state index in [1.54, 1.807) is 7.11 Å². The number of methoxy groups -OCH3 is 1. The van der Waals surface area contributed by atoms with E-state index in [0.717, 1.165) is 103 Å². The lowest BCUT2D eigenvalue weighted by molar-refractivity contribution is -0.130. The fourth-order valence-corrected chi connectivity index (χ4v) is 6.24. The minimum absolute atomic E-state index is 0.0302. The molecule has 2 atom stereocenters. The van der Waals surface area contributed by atoms with Crippen LogP contribution in [-0.2, 0) is 25.6 Å². The zero-order valence-electron chi connectivity index (χ0n) is 24.3. The third-order valence-corrected chi connectivity index (χ3v) is 8.97. The molecule has 218 valence electrons. The lowest BCUT2D eigenvalue weighted by Gasteiger charge is -2.37. The van der Waals surface area contributed by atoms with Crippen LogP contribution < -0.4 is 20.3 Å². The monoisotopic (exact) mass is 543 g/mol. The van der Waals surface area contributed by atoms with Crippen molar-refractivity contribution in [2.24, 2.45) is 11.3 Å². The number of amides is 1. The summed E-state index contributed by atoms with van der Waals surface area (Å²) in [5.74, 6) is 1.70. The first-order valence-electron chi connectivity index (χ1n) is 15.1. The smallest absolute Gasteiger partial charge is 0.225 e. The van der Waals surface area contributed by atoms with Crippen LogP contribution in [0.1, 0.15) is 70.8 Å². The number of nitrogens with zero attached hydrogens (tertiary/aromatic N) is 1. The van der Waals surface area contributed by atoms with Crippen LogP contribution in [0.3, 0.4) is 0 Å². The van der Waals surface area contributed by atoms with Crippen molar-refractivity contribution in [3.63, 3.8) is 0 Å². The van der Waals surface area contributed by atoms with Crippen LogP contribution in [0.4, 0.5) is 5.69 Å². The predicted octanol–water partition coefficient (Wildman–Crippen LogP) is 4.05. The summed E-state index contributed by atoms with van der Waals surface area (Å²) < 4.78 is 23.4. The molecule has 1 amide bonds. The molecule has 1 spiro atoms. The number of benzene rings is 1. The first-order valence-corrected chi connectivity index (χ1v) is 15.1. The Hall–Kier alpha value is -1.87. The molecule has 1 aromatic rings. The number of rotatable bonds is 12. The topological polar surface area (TPSA) is 81.3 Å². The highest BCUT2D eigenvalue weighted by Crippen LogP contribution is 2.48. The molecule has 2 N–H and O–H groups in total. The molecule has 1 aromatic carbocycles. The van der Waals surface area contributed by atoms with E-state index in [1.165, 1.54) is 11.3 Å². The molecule has 3 fully saturated rings. The van der Waals surface area contributed by atoms with Crippen molar-refractivity contribution in [3.05, 3.63) is 23.8 Å². The van der Waals surface area contributed by atoms with Crippen molar-refractivity contribution in [2.45, 2.75) is 89.6 Å². The maximum Gasteiger partial charge on any atom is 0.225 e. The molecule has 8 nitrogen and oxygen atoms in total. The lowest BCUT2D eigenvalue weighted by atomic mass is 9.82. The van der Waals surface area contributed by atoms with Crippen molar-refractivity contribution in [2.75, 3.05) is 58.0 Å². The molecule has 3 aliphatic heterocycles. The number of hydrogen-bond acceptors (Lipinski definition) is 7. The van der Waals surface area contributed by atoms with Crippen molar-refractivity contribution in [1.82, 2.24) is 10.6 Å². The minimum atomic E-state index is -0.393. The van der Waals surface area contributed by atoms with Gasteiger partial charge in [0.05, 0.1) is 24.9 Å². The number of piperidine rings is 1. The highest BCUT2D eigenvalue weighted by atomic mass is 16.5. The third-order valence-electron chi connectivity index (χ3n) is 8.97. The molecule has 3 heterocycles. The molecular formula is C31H49N3O5. The average Bonchev–Trinajstić information content (AvgIpc) is 3.69. The number of carbonyl (C=O) groups excluding carboxylic acids is 1. The minimum Gasteiger partial charge on any atom is -0.483 e. The van der Waals surface area contributed by atoms with E-state index in [1.807, 2.05) is 0 Å². The van der Waals surface area contributed by atoms with Crippen LogP contribution in [0.5, 0.6) is 5.75 Å². The van der Waals surface area contributed by atoms with E-state index in [9.17, 15) is 4.79 Å². The van der Waals surface area contributed by atoms with Crippen LogP contribution in [0.2, 0.25) is 0 Å².